The predicted octanol–water partition coefficient (Wildman–Crippen LogP) is 14.4. The molecule has 0 atom stereocenters. The number of carbonyl (C=O) groups is 2. The molecule has 0 fully saturated rings. The van der Waals surface area contributed by atoms with Crippen molar-refractivity contribution >= 4 is 59.2 Å². The van der Waals surface area contributed by atoms with Crippen molar-refractivity contribution in [3.63, 3.8) is 0 Å². The fourth-order valence-electron chi connectivity index (χ4n) is 7.35. The summed E-state index contributed by atoms with van der Waals surface area (Å²) in [4.78, 5) is 35.0. The van der Waals surface area contributed by atoms with Gasteiger partial charge in [0.1, 0.15) is 24.7 Å². The van der Waals surface area contributed by atoms with Crippen LogP contribution in [0.3, 0.4) is 0 Å². The van der Waals surface area contributed by atoms with E-state index >= 15 is 0 Å². The molecule has 12 nitrogen and oxygen atoms in total. The zero-order chi connectivity index (χ0) is 49.6. The summed E-state index contributed by atoms with van der Waals surface area (Å²) in [5.74, 6) is 0.0428. The summed E-state index contributed by atoms with van der Waals surface area (Å²) < 4.78 is 31.9. The molecule has 0 saturated carbocycles. The number of aromatic carboxylic acids is 1. The average molecular weight is 1020 g/mol. The minimum Gasteiger partial charge on any atom is -0.488 e. The highest BCUT2D eigenvalue weighted by molar-refractivity contribution is 7.94. The standard InChI is InChI=1S/C28H26ClNO5S.C26H22ClNO5S/c1-4-33-28(31)21-6-5-7-23(16-21)30-19(2)8-14-26(30)25-17-24(36-35-32-3)13-15-27(25)34-18-20-9-11-22(29)12-10-20;1-17-6-12-24(28(17)21-5-3-4-19(14-21)26(29)30)23-15-22(34-33-31-2)11-13-25(23)32-16-18-7-9-20(27)10-8-18/h5-17H,4,18H2,1-3H3;3-15H,16H2,1-2H3,(H,29,30). The van der Waals surface area contributed by atoms with E-state index in [1.165, 1.54) is 14.2 Å². The SMILES string of the molecule is CCOC(=O)c1cccc(-n2c(C)ccc2-c2cc(SOOC)ccc2OCc2ccc(Cl)cc2)c1.COOSc1ccc(OCc2ccc(Cl)cc2)c(-c2ccc(C)n2-c2cccc(C(=O)O)c2)c1. The first-order valence-electron chi connectivity index (χ1n) is 21.7. The fraction of sp³-hybridized carbons (Fsp3) is 0.148. The molecule has 360 valence electrons. The van der Waals surface area contributed by atoms with Crippen molar-refractivity contribution in [3.05, 3.63) is 201 Å². The second-order valence-corrected chi connectivity index (χ2v) is 17.7. The van der Waals surface area contributed by atoms with Gasteiger partial charge < -0.3 is 28.5 Å². The van der Waals surface area contributed by atoms with Gasteiger partial charge in [-0.3, -0.25) is 0 Å². The van der Waals surface area contributed by atoms with Gasteiger partial charge in [0.25, 0.3) is 0 Å². The van der Waals surface area contributed by atoms with Crippen LogP contribution in [0.4, 0.5) is 0 Å². The molecule has 0 radical (unpaired) electrons. The summed E-state index contributed by atoms with van der Waals surface area (Å²) in [6, 6.07) is 48.8. The van der Waals surface area contributed by atoms with Crippen molar-refractivity contribution in [1.82, 2.24) is 9.13 Å². The number of rotatable bonds is 19. The minimum absolute atomic E-state index is 0.216. The lowest BCUT2D eigenvalue weighted by atomic mass is 10.1. The third-order valence-electron chi connectivity index (χ3n) is 10.6. The molecular weight excluding hydrogens is 972 g/mol. The zero-order valence-electron chi connectivity index (χ0n) is 38.7. The van der Waals surface area contributed by atoms with Gasteiger partial charge in [0.05, 0.1) is 67.4 Å². The van der Waals surface area contributed by atoms with Crippen LogP contribution < -0.4 is 9.47 Å². The van der Waals surface area contributed by atoms with Crippen LogP contribution in [0.5, 0.6) is 11.5 Å². The molecule has 2 heterocycles. The molecule has 0 spiro atoms. The van der Waals surface area contributed by atoms with Crippen molar-refractivity contribution in [3.8, 4) is 45.4 Å². The van der Waals surface area contributed by atoms with Crippen LogP contribution in [0, 0.1) is 13.8 Å². The summed E-state index contributed by atoms with van der Waals surface area (Å²) >= 11 is 14.2. The van der Waals surface area contributed by atoms with E-state index in [-0.39, 0.29) is 11.5 Å². The summed E-state index contributed by atoms with van der Waals surface area (Å²) in [6.07, 6.45) is 0. The molecular formula is C54H48Cl2N2O10S2. The first kappa shape index (κ1) is 51.4. The second kappa shape index (κ2) is 24.9. The highest BCUT2D eigenvalue weighted by atomic mass is 35.5. The molecule has 6 aromatic carbocycles. The molecule has 16 heteroatoms. The van der Waals surface area contributed by atoms with E-state index in [1.807, 2.05) is 152 Å². The highest BCUT2D eigenvalue weighted by Gasteiger charge is 2.19. The maximum atomic E-state index is 12.4. The van der Waals surface area contributed by atoms with Gasteiger partial charge in [-0.25, -0.2) is 19.4 Å². The van der Waals surface area contributed by atoms with Gasteiger partial charge in [0.15, 0.2) is 0 Å². The van der Waals surface area contributed by atoms with E-state index < -0.39 is 5.97 Å². The summed E-state index contributed by atoms with van der Waals surface area (Å²) in [5.41, 5.74) is 9.67. The minimum atomic E-state index is -0.977. The number of esters is 1. The lowest BCUT2D eigenvalue weighted by molar-refractivity contribution is -0.160. The molecule has 0 bridgehead atoms. The number of carboxylic acid groups (broad SMARTS) is 1. The van der Waals surface area contributed by atoms with E-state index in [0.717, 1.165) is 90.3 Å². The monoisotopic (exact) mass is 1020 g/mol. The van der Waals surface area contributed by atoms with Gasteiger partial charge in [0.2, 0.25) is 0 Å². The van der Waals surface area contributed by atoms with Crippen LogP contribution in [0.15, 0.2) is 168 Å². The molecule has 0 aliphatic heterocycles. The molecule has 1 N–H and O–H groups in total. The summed E-state index contributed by atoms with van der Waals surface area (Å²) in [5, 5.41) is 10.8. The molecule has 8 rings (SSSR count). The highest BCUT2D eigenvalue weighted by Crippen LogP contribution is 2.39. The summed E-state index contributed by atoms with van der Waals surface area (Å²) in [6.45, 7) is 6.83. The Morgan fingerprint density at radius 2 is 1.00 bits per heavy atom. The van der Waals surface area contributed by atoms with Crippen molar-refractivity contribution in [2.45, 2.75) is 43.8 Å². The Bertz CT molecular complexity index is 3050. The molecule has 2 aromatic heterocycles. The molecule has 0 aliphatic carbocycles. The number of aromatic nitrogens is 2. The number of benzene rings is 6. The number of nitrogens with zero attached hydrogens (tertiary/aromatic N) is 2. The molecule has 0 saturated heterocycles. The quantitative estimate of drug-likeness (QED) is 0.0358. The first-order valence-corrected chi connectivity index (χ1v) is 24.0. The summed E-state index contributed by atoms with van der Waals surface area (Å²) in [7, 11) is 2.91. The Kier molecular flexibility index (Phi) is 18.3. The fourth-order valence-corrected chi connectivity index (χ4v) is 8.48. The molecule has 70 heavy (non-hydrogen) atoms. The Hall–Kier alpha value is -6.46. The van der Waals surface area contributed by atoms with E-state index in [2.05, 4.69) is 4.57 Å². The maximum Gasteiger partial charge on any atom is 0.338 e. The van der Waals surface area contributed by atoms with Gasteiger partial charge in [0, 0.05) is 53.7 Å². The zero-order valence-corrected chi connectivity index (χ0v) is 41.9. The number of ether oxygens (including phenoxy) is 3. The van der Waals surface area contributed by atoms with Gasteiger partial charge in [-0.15, -0.1) is 0 Å². The van der Waals surface area contributed by atoms with E-state index in [4.69, 9.17) is 55.9 Å². The van der Waals surface area contributed by atoms with Gasteiger partial charge >= 0.3 is 11.9 Å². The van der Waals surface area contributed by atoms with Crippen molar-refractivity contribution in [2.24, 2.45) is 0 Å². The van der Waals surface area contributed by atoms with Crippen molar-refractivity contribution in [2.75, 3.05) is 20.8 Å². The largest absolute Gasteiger partial charge is 0.488 e. The van der Waals surface area contributed by atoms with Crippen LogP contribution in [0.1, 0.15) is 50.2 Å². The normalized spacial score (nSPS) is 10.9. The molecule has 0 unspecified atom stereocenters. The third-order valence-corrected chi connectivity index (χ3v) is 12.4. The average Bonchev–Trinajstić information content (AvgIpc) is 3.96. The van der Waals surface area contributed by atoms with E-state index in [0.29, 0.717) is 46.9 Å². The van der Waals surface area contributed by atoms with E-state index in [9.17, 15) is 14.7 Å². The Morgan fingerprint density at radius 3 is 1.43 bits per heavy atom. The van der Waals surface area contributed by atoms with Gasteiger partial charge in [-0.1, -0.05) is 59.6 Å². The number of hydrogen-bond acceptors (Lipinski definition) is 11. The van der Waals surface area contributed by atoms with E-state index in [1.54, 1.807) is 31.2 Å². The molecule has 8 aromatic rings. The Balaban J connectivity index is 0.000000207. The Morgan fingerprint density at radius 1 is 0.557 bits per heavy atom. The first-order chi connectivity index (χ1) is 34.0. The topological polar surface area (TPSA) is 129 Å². The van der Waals surface area contributed by atoms with Crippen molar-refractivity contribution in [1.29, 1.82) is 0 Å². The van der Waals surface area contributed by atoms with Crippen LogP contribution in [-0.2, 0) is 36.4 Å². The van der Waals surface area contributed by atoms with Crippen molar-refractivity contribution < 1.29 is 47.3 Å². The smallest absolute Gasteiger partial charge is 0.338 e. The van der Waals surface area contributed by atoms with Crippen LogP contribution >= 0.6 is 47.3 Å². The third kappa shape index (κ3) is 13.2. The second-order valence-electron chi connectivity index (χ2n) is 15.3. The van der Waals surface area contributed by atoms with Gasteiger partial charge in [-0.05, 0) is 153 Å². The molecule has 0 amide bonds. The lowest BCUT2D eigenvalue weighted by Crippen LogP contribution is -2.07. The predicted molar refractivity (Wildman–Crippen MR) is 274 cm³/mol. The number of carbonyl (C=O) groups excluding carboxylic acids is 1. The number of hydrogen-bond donors (Lipinski definition) is 1. The lowest BCUT2D eigenvalue weighted by Gasteiger charge is -2.17. The Labute approximate surface area is 424 Å². The van der Waals surface area contributed by atoms with Crippen LogP contribution in [-0.4, -0.2) is 47.0 Å². The molecule has 0 aliphatic rings. The maximum absolute atomic E-state index is 12.4. The number of aryl methyl sites for hydroxylation is 2. The number of carboxylic acids is 1. The number of halogens is 2. The van der Waals surface area contributed by atoms with Gasteiger partial charge in [-0.2, -0.15) is 8.67 Å². The van der Waals surface area contributed by atoms with Crippen LogP contribution in [0.25, 0.3) is 33.9 Å². The van der Waals surface area contributed by atoms with Crippen LogP contribution in [0.2, 0.25) is 10.0 Å².